The van der Waals surface area contributed by atoms with Crippen molar-refractivity contribution in [2.75, 3.05) is 14.2 Å². The molecule has 100 valence electrons. The van der Waals surface area contributed by atoms with Gasteiger partial charge in [0, 0.05) is 13.5 Å². The summed E-state index contributed by atoms with van der Waals surface area (Å²) in [7, 11) is 3.36. The van der Waals surface area contributed by atoms with E-state index in [1.165, 1.54) is 11.1 Å². The molecule has 0 saturated carbocycles. The van der Waals surface area contributed by atoms with Gasteiger partial charge in [0.25, 0.3) is 0 Å². The molecule has 1 aromatic carbocycles. The quantitative estimate of drug-likeness (QED) is 0.871. The van der Waals surface area contributed by atoms with Crippen LogP contribution >= 0.6 is 0 Å². The van der Waals surface area contributed by atoms with Crippen molar-refractivity contribution in [3.63, 3.8) is 0 Å². The minimum atomic E-state index is 0.0735. The molecule has 3 nitrogen and oxygen atoms in total. The van der Waals surface area contributed by atoms with E-state index in [1.54, 1.807) is 14.2 Å². The normalized spacial score (nSPS) is 12.3. The van der Waals surface area contributed by atoms with E-state index in [-0.39, 0.29) is 11.8 Å². The second-order valence-corrected chi connectivity index (χ2v) is 4.93. The van der Waals surface area contributed by atoms with Crippen LogP contribution in [0.15, 0.2) is 18.2 Å². The van der Waals surface area contributed by atoms with Gasteiger partial charge in [-0.25, -0.2) is 0 Å². The van der Waals surface area contributed by atoms with Gasteiger partial charge in [-0.3, -0.25) is 4.79 Å². The largest absolute Gasteiger partial charge is 0.496 e. The molecular weight excluding hydrogens is 226 g/mol. The van der Waals surface area contributed by atoms with Crippen LogP contribution in [-0.4, -0.2) is 20.1 Å². The zero-order chi connectivity index (χ0) is 13.7. The van der Waals surface area contributed by atoms with Gasteiger partial charge in [0.05, 0.1) is 7.11 Å². The van der Waals surface area contributed by atoms with Crippen LogP contribution in [0, 0.1) is 0 Å². The second-order valence-electron chi connectivity index (χ2n) is 4.93. The molecule has 0 aliphatic carbocycles. The van der Waals surface area contributed by atoms with Crippen molar-refractivity contribution in [2.24, 2.45) is 0 Å². The number of amides is 1. The third kappa shape index (κ3) is 3.49. The molecule has 0 saturated heterocycles. The molecule has 0 spiro atoms. The molecule has 1 aromatic rings. The summed E-state index contributed by atoms with van der Waals surface area (Å²) in [5.41, 5.74) is 2.38. The summed E-state index contributed by atoms with van der Waals surface area (Å²) in [6.07, 6.45) is 0.514. The van der Waals surface area contributed by atoms with Crippen LogP contribution in [0.25, 0.3) is 0 Å². The molecule has 1 amide bonds. The molecule has 1 unspecified atom stereocenters. The van der Waals surface area contributed by atoms with Gasteiger partial charge in [0.2, 0.25) is 5.91 Å². The van der Waals surface area contributed by atoms with Gasteiger partial charge in [-0.1, -0.05) is 32.9 Å². The molecule has 0 aromatic heterocycles. The molecule has 1 N–H and O–H groups in total. The topological polar surface area (TPSA) is 38.3 Å². The SMILES string of the molecule is CNC(=O)CC(C)c1ccc(OC)c(C(C)C)c1. The molecule has 0 bridgehead atoms. The Morgan fingerprint density at radius 3 is 2.50 bits per heavy atom. The van der Waals surface area contributed by atoms with Gasteiger partial charge < -0.3 is 10.1 Å². The third-order valence-electron chi connectivity index (χ3n) is 3.22. The van der Waals surface area contributed by atoms with E-state index in [9.17, 15) is 4.79 Å². The highest BCUT2D eigenvalue weighted by molar-refractivity contribution is 5.76. The average molecular weight is 249 g/mol. The number of nitrogens with one attached hydrogen (secondary N) is 1. The maximum atomic E-state index is 11.4. The predicted octanol–water partition coefficient (Wildman–Crippen LogP) is 3.06. The van der Waals surface area contributed by atoms with Gasteiger partial charge in [-0.05, 0) is 29.0 Å². The van der Waals surface area contributed by atoms with Crippen LogP contribution < -0.4 is 10.1 Å². The van der Waals surface area contributed by atoms with Gasteiger partial charge in [0.1, 0.15) is 5.75 Å². The zero-order valence-corrected chi connectivity index (χ0v) is 11.9. The summed E-state index contributed by atoms with van der Waals surface area (Å²) in [6, 6.07) is 6.18. The Morgan fingerprint density at radius 1 is 1.33 bits per heavy atom. The average Bonchev–Trinajstić information content (AvgIpc) is 2.37. The first-order valence-electron chi connectivity index (χ1n) is 6.38. The van der Waals surface area contributed by atoms with Gasteiger partial charge >= 0.3 is 0 Å². The van der Waals surface area contributed by atoms with Crippen molar-refractivity contribution in [1.29, 1.82) is 0 Å². The van der Waals surface area contributed by atoms with E-state index in [4.69, 9.17) is 4.74 Å². The number of ether oxygens (including phenoxy) is 1. The lowest BCUT2D eigenvalue weighted by molar-refractivity contribution is -0.120. The van der Waals surface area contributed by atoms with E-state index in [2.05, 4.69) is 32.2 Å². The first kappa shape index (κ1) is 14.6. The minimum absolute atomic E-state index is 0.0735. The molecule has 0 radical (unpaired) electrons. The summed E-state index contributed by atoms with van der Waals surface area (Å²) >= 11 is 0. The van der Waals surface area contributed by atoms with Crippen LogP contribution in [0.3, 0.4) is 0 Å². The number of methoxy groups -OCH3 is 1. The highest BCUT2D eigenvalue weighted by Gasteiger charge is 2.14. The third-order valence-corrected chi connectivity index (χ3v) is 3.22. The second kappa shape index (κ2) is 6.43. The summed E-state index contributed by atoms with van der Waals surface area (Å²) in [6.45, 7) is 6.36. The Hall–Kier alpha value is -1.51. The molecule has 0 fully saturated rings. The first-order chi connectivity index (χ1) is 8.49. The highest BCUT2D eigenvalue weighted by Crippen LogP contribution is 2.30. The predicted molar refractivity (Wildman–Crippen MR) is 74.2 cm³/mol. The smallest absolute Gasteiger partial charge is 0.220 e. The van der Waals surface area contributed by atoms with Crippen molar-refractivity contribution in [1.82, 2.24) is 5.32 Å². The molecule has 3 heteroatoms. The Morgan fingerprint density at radius 2 is 2.00 bits per heavy atom. The van der Waals surface area contributed by atoms with Crippen molar-refractivity contribution in [3.8, 4) is 5.75 Å². The fourth-order valence-corrected chi connectivity index (χ4v) is 2.01. The summed E-state index contributed by atoms with van der Waals surface area (Å²) in [4.78, 5) is 11.4. The van der Waals surface area contributed by atoms with E-state index >= 15 is 0 Å². The van der Waals surface area contributed by atoms with Gasteiger partial charge in [0.15, 0.2) is 0 Å². The Labute approximate surface area is 110 Å². The van der Waals surface area contributed by atoms with E-state index in [0.717, 1.165) is 5.75 Å². The maximum absolute atomic E-state index is 11.4. The summed E-state index contributed by atoms with van der Waals surface area (Å²) in [5.74, 6) is 1.62. The molecule has 1 rings (SSSR count). The highest BCUT2D eigenvalue weighted by atomic mass is 16.5. The Balaban J connectivity index is 2.97. The number of carbonyl (C=O) groups excluding carboxylic acids is 1. The Kier molecular flexibility index (Phi) is 5.20. The lowest BCUT2D eigenvalue weighted by Crippen LogP contribution is -2.19. The number of hydrogen-bond donors (Lipinski definition) is 1. The fourth-order valence-electron chi connectivity index (χ4n) is 2.01. The van der Waals surface area contributed by atoms with E-state index < -0.39 is 0 Å². The van der Waals surface area contributed by atoms with Gasteiger partial charge in [-0.2, -0.15) is 0 Å². The van der Waals surface area contributed by atoms with Gasteiger partial charge in [-0.15, -0.1) is 0 Å². The lowest BCUT2D eigenvalue weighted by atomic mass is 9.92. The molecule has 0 aliphatic rings. The van der Waals surface area contributed by atoms with Crippen LogP contribution in [0.1, 0.15) is 50.2 Å². The first-order valence-corrected chi connectivity index (χ1v) is 6.38. The van der Waals surface area contributed by atoms with Crippen molar-refractivity contribution >= 4 is 5.91 Å². The molecule has 1 atom stereocenters. The monoisotopic (exact) mass is 249 g/mol. The van der Waals surface area contributed by atoms with Crippen LogP contribution in [0.2, 0.25) is 0 Å². The Bertz CT molecular complexity index is 413. The number of rotatable bonds is 5. The molecule has 0 heterocycles. The minimum Gasteiger partial charge on any atom is -0.496 e. The molecule has 18 heavy (non-hydrogen) atoms. The number of hydrogen-bond acceptors (Lipinski definition) is 2. The van der Waals surface area contributed by atoms with Crippen LogP contribution in [0.4, 0.5) is 0 Å². The zero-order valence-electron chi connectivity index (χ0n) is 11.9. The standard InChI is InChI=1S/C15H23NO2/c1-10(2)13-9-12(6-7-14(13)18-5)11(3)8-15(17)16-4/h6-7,9-11H,8H2,1-5H3,(H,16,17). The van der Waals surface area contributed by atoms with Crippen molar-refractivity contribution in [3.05, 3.63) is 29.3 Å². The fraction of sp³-hybridized carbons (Fsp3) is 0.533. The van der Waals surface area contributed by atoms with Crippen LogP contribution in [-0.2, 0) is 4.79 Å². The van der Waals surface area contributed by atoms with E-state index in [1.807, 2.05) is 12.1 Å². The lowest BCUT2D eigenvalue weighted by Gasteiger charge is -2.17. The molecule has 0 aliphatic heterocycles. The summed E-state index contributed by atoms with van der Waals surface area (Å²) < 4.78 is 5.36. The van der Waals surface area contributed by atoms with Crippen LogP contribution in [0.5, 0.6) is 5.75 Å². The number of carbonyl (C=O) groups is 1. The number of benzene rings is 1. The maximum Gasteiger partial charge on any atom is 0.220 e. The van der Waals surface area contributed by atoms with E-state index in [0.29, 0.717) is 12.3 Å². The summed E-state index contributed by atoms with van der Waals surface area (Å²) in [5, 5.41) is 2.66. The molecular formula is C15H23NO2. The van der Waals surface area contributed by atoms with Crippen molar-refractivity contribution < 1.29 is 9.53 Å². The van der Waals surface area contributed by atoms with Crippen molar-refractivity contribution in [2.45, 2.75) is 39.0 Å².